The van der Waals surface area contributed by atoms with Gasteiger partial charge in [0, 0.05) is 13.2 Å². The maximum atomic E-state index is 12.9. The van der Waals surface area contributed by atoms with Crippen molar-refractivity contribution in [3.05, 3.63) is 35.9 Å². The first kappa shape index (κ1) is 26.7. The van der Waals surface area contributed by atoms with Gasteiger partial charge in [-0.15, -0.1) is 0 Å². The predicted molar refractivity (Wildman–Crippen MR) is 127 cm³/mol. The number of aliphatic hydroxyl groups excluding tert-OH is 1. The molecule has 1 aromatic rings. The van der Waals surface area contributed by atoms with Crippen LogP contribution in [0.3, 0.4) is 0 Å². The summed E-state index contributed by atoms with van der Waals surface area (Å²) in [5.74, 6) is -0.693. The van der Waals surface area contributed by atoms with E-state index in [1.54, 1.807) is 30.3 Å². The Balaban J connectivity index is 1.59. The van der Waals surface area contributed by atoms with Gasteiger partial charge < -0.3 is 34.1 Å². The molecule has 0 spiro atoms. The Kier molecular flexibility index (Phi) is 8.69. The molecule has 12 heteroatoms. The summed E-state index contributed by atoms with van der Waals surface area (Å²) < 4.78 is 26.4. The molecule has 4 rings (SSSR count). The maximum absolute atomic E-state index is 12.9. The van der Waals surface area contributed by atoms with Crippen LogP contribution >= 0.6 is 34.8 Å². The van der Waals surface area contributed by atoms with Crippen LogP contribution in [0, 0.1) is 0 Å². The molecule has 2 N–H and O–H groups in total. The van der Waals surface area contributed by atoms with Crippen molar-refractivity contribution in [1.82, 2.24) is 5.32 Å². The molecule has 0 aromatic heterocycles. The van der Waals surface area contributed by atoms with Gasteiger partial charge in [-0.2, -0.15) is 0 Å². The highest BCUT2D eigenvalue weighted by molar-refractivity contribution is 6.67. The first-order valence-corrected chi connectivity index (χ1v) is 12.6. The van der Waals surface area contributed by atoms with Crippen molar-refractivity contribution in [1.29, 1.82) is 0 Å². The lowest BCUT2D eigenvalue weighted by Gasteiger charge is -2.43. The molecular formula is C23H28Cl3NO8. The number of hydrogen-bond acceptors (Lipinski definition) is 8. The Hall–Kier alpha value is -1.33. The van der Waals surface area contributed by atoms with E-state index in [2.05, 4.69) is 5.32 Å². The zero-order valence-corrected chi connectivity index (χ0v) is 21.2. The van der Waals surface area contributed by atoms with Crippen molar-refractivity contribution >= 4 is 46.9 Å². The molecule has 1 amide bonds. The molecule has 1 aliphatic heterocycles. The minimum atomic E-state index is -1.98. The van der Waals surface area contributed by atoms with Crippen LogP contribution in [-0.4, -0.2) is 77.0 Å². The number of alkyl carbamates (subject to hydrolysis) is 1. The molecule has 0 bridgehead atoms. The molecule has 0 unspecified atom stereocenters. The Morgan fingerprint density at radius 1 is 0.971 bits per heavy atom. The van der Waals surface area contributed by atoms with Gasteiger partial charge in [-0.25, -0.2) is 9.59 Å². The van der Waals surface area contributed by atoms with Crippen molar-refractivity contribution in [3.8, 4) is 0 Å². The van der Waals surface area contributed by atoms with Gasteiger partial charge >= 0.3 is 12.1 Å². The average molecular weight is 553 g/mol. The van der Waals surface area contributed by atoms with E-state index in [-0.39, 0.29) is 11.6 Å². The van der Waals surface area contributed by atoms with Gasteiger partial charge in [-0.1, -0.05) is 72.3 Å². The number of alkyl halides is 3. The van der Waals surface area contributed by atoms with E-state index in [4.69, 9.17) is 58.5 Å². The number of esters is 1. The predicted octanol–water partition coefficient (Wildman–Crippen LogP) is 3.51. The van der Waals surface area contributed by atoms with Crippen LogP contribution < -0.4 is 5.32 Å². The SMILES string of the molecule is CO[C@H]1[C@H](O)[C@H]2O[C@H](C(Cl)(Cl)Cl)O[C@H]2[C@H](OC(=O)NC2CCCCC2)[C@H]1OC(=O)c1ccccc1. The molecule has 1 heterocycles. The van der Waals surface area contributed by atoms with Crippen molar-refractivity contribution in [2.45, 2.75) is 84.9 Å². The van der Waals surface area contributed by atoms with Crippen molar-refractivity contribution in [2.75, 3.05) is 7.11 Å². The molecule has 2 saturated carbocycles. The smallest absolute Gasteiger partial charge is 0.407 e. The van der Waals surface area contributed by atoms with Crippen molar-refractivity contribution in [2.24, 2.45) is 0 Å². The molecule has 1 saturated heterocycles. The largest absolute Gasteiger partial charge is 0.452 e. The fourth-order valence-electron chi connectivity index (χ4n) is 4.80. The van der Waals surface area contributed by atoms with Gasteiger partial charge in [-0.05, 0) is 25.0 Å². The first-order valence-electron chi connectivity index (χ1n) is 11.5. The number of nitrogens with one attached hydrogen (secondary N) is 1. The zero-order chi connectivity index (χ0) is 25.2. The standard InChI is InChI=1S/C23H28Cl3NO8/c1-31-15-14(28)16-18(34-21(33-16)23(24,25)26)19(35-22(30)27-13-10-6-3-7-11-13)17(15)32-20(29)12-8-4-2-5-9-12/h2,4-5,8-9,13-19,21,28H,3,6-7,10-11H2,1H3,(H,27,30)/t14-,15-,16+,17-,18+,19+,21-/m0/s1. The van der Waals surface area contributed by atoms with Crippen molar-refractivity contribution in [3.63, 3.8) is 0 Å². The van der Waals surface area contributed by atoms with Crippen LogP contribution in [0.5, 0.6) is 0 Å². The summed E-state index contributed by atoms with van der Waals surface area (Å²) in [5.41, 5.74) is 0.270. The van der Waals surface area contributed by atoms with Gasteiger partial charge in [0.2, 0.25) is 10.1 Å². The van der Waals surface area contributed by atoms with Gasteiger partial charge in [0.25, 0.3) is 0 Å². The van der Waals surface area contributed by atoms with Gasteiger partial charge in [0.1, 0.15) is 24.4 Å². The summed E-state index contributed by atoms with van der Waals surface area (Å²) in [6.07, 6.45) is -4.33. The van der Waals surface area contributed by atoms with E-state index < -0.39 is 58.8 Å². The molecule has 0 radical (unpaired) electrons. The number of halogens is 3. The maximum Gasteiger partial charge on any atom is 0.407 e. The summed E-state index contributed by atoms with van der Waals surface area (Å²) in [6, 6.07) is 8.24. The van der Waals surface area contributed by atoms with E-state index in [0.717, 1.165) is 32.1 Å². The molecule has 3 fully saturated rings. The van der Waals surface area contributed by atoms with Crippen LogP contribution in [0.4, 0.5) is 4.79 Å². The zero-order valence-electron chi connectivity index (χ0n) is 19.0. The van der Waals surface area contributed by atoms with Gasteiger partial charge in [0.15, 0.2) is 12.2 Å². The monoisotopic (exact) mass is 551 g/mol. The van der Waals surface area contributed by atoms with Gasteiger partial charge in [0.05, 0.1) is 5.56 Å². The lowest BCUT2D eigenvalue weighted by Crippen LogP contribution is -2.65. The number of carbonyl (C=O) groups is 2. The number of aliphatic hydroxyl groups is 1. The highest BCUT2D eigenvalue weighted by atomic mass is 35.6. The molecule has 194 valence electrons. The number of rotatable bonds is 5. The number of carbonyl (C=O) groups excluding carboxylic acids is 2. The van der Waals surface area contributed by atoms with Crippen LogP contribution in [0.15, 0.2) is 30.3 Å². The molecule has 1 aromatic carbocycles. The summed E-state index contributed by atoms with van der Waals surface area (Å²) in [4.78, 5) is 25.8. The van der Waals surface area contributed by atoms with Crippen LogP contribution in [0.25, 0.3) is 0 Å². The van der Waals surface area contributed by atoms with E-state index in [1.165, 1.54) is 7.11 Å². The summed E-state index contributed by atoms with van der Waals surface area (Å²) in [7, 11) is 1.33. The topological polar surface area (TPSA) is 113 Å². The van der Waals surface area contributed by atoms with Crippen LogP contribution in [0.2, 0.25) is 0 Å². The highest BCUT2D eigenvalue weighted by Gasteiger charge is 2.62. The third-order valence-corrected chi connectivity index (χ3v) is 7.03. The van der Waals surface area contributed by atoms with E-state index in [9.17, 15) is 14.7 Å². The third-order valence-electron chi connectivity index (χ3n) is 6.49. The lowest BCUT2D eigenvalue weighted by atomic mass is 9.84. The Morgan fingerprint density at radius 2 is 1.63 bits per heavy atom. The number of methoxy groups -OCH3 is 1. The lowest BCUT2D eigenvalue weighted by molar-refractivity contribution is -0.201. The minimum Gasteiger partial charge on any atom is -0.452 e. The second kappa shape index (κ2) is 11.4. The van der Waals surface area contributed by atoms with Crippen molar-refractivity contribution < 1.29 is 38.4 Å². The normalized spacial score (nSPS) is 33.6. The quantitative estimate of drug-likeness (QED) is 0.422. The third kappa shape index (κ3) is 6.15. The first-order chi connectivity index (χ1) is 16.7. The number of benzene rings is 1. The minimum absolute atomic E-state index is 0.0283. The summed E-state index contributed by atoms with van der Waals surface area (Å²) in [5, 5.41) is 13.8. The fraction of sp³-hybridized carbons (Fsp3) is 0.652. The fourth-order valence-corrected chi connectivity index (χ4v) is 5.11. The van der Waals surface area contributed by atoms with Crippen LogP contribution in [-0.2, 0) is 23.7 Å². The summed E-state index contributed by atoms with van der Waals surface area (Å²) >= 11 is 17.9. The molecule has 2 aliphatic carbocycles. The molecule has 35 heavy (non-hydrogen) atoms. The molecule has 9 nitrogen and oxygen atoms in total. The van der Waals surface area contributed by atoms with E-state index >= 15 is 0 Å². The van der Waals surface area contributed by atoms with E-state index in [1.807, 2.05) is 0 Å². The molecule has 3 aliphatic rings. The van der Waals surface area contributed by atoms with E-state index in [0.29, 0.717) is 0 Å². The summed E-state index contributed by atoms with van der Waals surface area (Å²) in [6.45, 7) is 0. The molecule has 7 atom stereocenters. The Morgan fingerprint density at radius 3 is 2.26 bits per heavy atom. The average Bonchev–Trinajstić information content (AvgIpc) is 3.29. The number of ether oxygens (including phenoxy) is 5. The second-order valence-electron chi connectivity index (χ2n) is 8.85. The number of fused-ring (bicyclic) bond motifs is 1. The second-order valence-corrected chi connectivity index (χ2v) is 11.2. The highest BCUT2D eigenvalue weighted by Crippen LogP contribution is 2.44. The number of hydrogen-bond donors (Lipinski definition) is 2. The van der Waals surface area contributed by atoms with Gasteiger partial charge in [-0.3, -0.25) is 0 Å². The molecular weight excluding hydrogens is 525 g/mol. The number of amides is 1. The van der Waals surface area contributed by atoms with Crippen LogP contribution in [0.1, 0.15) is 42.5 Å². The Bertz CT molecular complexity index is 879. The Labute approximate surface area is 218 Å².